The van der Waals surface area contributed by atoms with E-state index in [9.17, 15) is 9.59 Å². The van der Waals surface area contributed by atoms with Gasteiger partial charge in [-0.25, -0.2) is 4.79 Å². The first-order chi connectivity index (χ1) is 12.4. The molecular formula is C17H18N6O3. The molecule has 3 heterocycles. The number of amides is 1. The third kappa shape index (κ3) is 3.82. The number of hydrogen-bond donors (Lipinski definition) is 1. The number of nitrogens with one attached hydrogen (secondary N) is 1. The first-order valence-corrected chi connectivity index (χ1v) is 8.03. The van der Waals surface area contributed by atoms with Crippen LogP contribution in [0.4, 0.5) is 0 Å². The second-order valence-electron chi connectivity index (χ2n) is 5.87. The minimum Gasteiger partial charge on any atom is -0.343 e. The summed E-state index contributed by atoms with van der Waals surface area (Å²) in [4.78, 5) is 36.4. The van der Waals surface area contributed by atoms with Gasteiger partial charge in [-0.3, -0.25) is 14.3 Å². The van der Waals surface area contributed by atoms with Gasteiger partial charge >= 0.3 is 5.69 Å². The topological polar surface area (TPSA) is 116 Å². The Bertz CT molecular complexity index is 980. The van der Waals surface area contributed by atoms with Crippen molar-refractivity contribution in [2.45, 2.75) is 33.4 Å². The molecule has 0 aliphatic rings. The molecule has 0 aliphatic heterocycles. The van der Waals surface area contributed by atoms with Gasteiger partial charge in [0.15, 0.2) is 0 Å². The Hall–Kier alpha value is -3.36. The number of nitrogens with zero attached hydrogens (tertiary/aromatic N) is 5. The third-order valence-electron chi connectivity index (χ3n) is 3.73. The van der Waals surface area contributed by atoms with Crippen LogP contribution in [0.15, 0.2) is 39.8 Å². The molecule has 26 heavy (non-hydrogen) atoms. The zero-order chi connectivity index (χ0) is 18.7. The summed E-state index contributed by atoms with van der Waals surface area (Å²) in [6.45, 7) is 5.07. The first-order valence-electron chi connectivity index (χ1n) is 8.03. The fraction of sp³-hybridized carbons (Fsp3) is 0.294. The minimum atomic E-state index is -0.512. The van der Waals surface area contributed by atoms with Crippen LogP contribution in [0, 0.1) is 13.8 Å². The van der Waals surface area contributed by atoms with Gasteiger partial charge in [0.1, 0.15) is 18.3 Å². The summed E-state index contributed by atoms with van der Waals surface area (Å²) in [5.41, 5.74) is 1.40. The number of carbonyl (C=O) groups excluding carboxylic acids is 1. The summed E-state index contributed by atoms with van der Waals surface area (Å²) in [6.07, 6.45) is 1.63. The van der Waals surface area contributed by atoms with Crippen LogP contribution < -0.4 is 11.0 Å². The maximum atomic E-state index is 12.3. The van der Waals surface area contributed by atoms with Crippen molar-refractivity contribution in [3.63, 3.8) is 0 Å². The molecule has 1 N–H and O–H groups in total. The molecule has 0 spiro atoms. The summed E-state index contributed by atoms with van der Waals surface area (Å²) < 4.78 is 6.51. The van der Waals surface area contributed by atoms with E-state index in [0.29, 0.717) is 22.9 Å². The molecule has 0 unspecified atom stereocenters. The molecule has 0 aliphatic carbocycles. The highest BCUT2D eigenvalue weighted by molar-refractivity contribution is 5.76. The van der Waals surface area contributed by atoms with Crippen LogP contribution in [0.5, 0.6) is 0 Å². The fourth-order valence-corrected chi connectivity index (χ4v) is 2.47. The molecule has 0 radical (unpaired) electrons. The lowest BCUT2D eigenvalue weighted by molar-refractivity contribution is -0.122. The highest BCUT2D eigenvalue weighted by Crippen LogP contribution is 2.16. The minimum absolute atomic E-state index is 0.135. The van der Waals surface area contributed by atoms with Crippen LogP contribution in [0.3, 0.4) is 0 Å². The van der Waals surface area contributed by atoms with Crippen LogP contribution in [-0.2, 0) is 11.3 Å². The molecular weight excluding hydrogens is 336 g/mol. The molecule has 3 rings (SSSR count). The lowest BCUT2D eigenvalue weighted by Crippen LogP contribution is -2.35. The quantitative estimate of drug-likeness (QED) is 0.731. The van der Waals surface area contributed by atoms with Crippen molar-refractivity contribution in [2.24, 2.45) is 0 Å². The van der Waals surface area contributed by atoms with Gasteiger partial charge in [-0.1, -0.05) is 11.2 Å². The number of carbonyl (C=O) groups is 1. The molecule has 0 saturated carbocycles. The van der Waals surface area contributed by atoms with Gasteiger partial charge in [-0.15, -0.1) is 0 Å². The second kappa shape index (κ2) is 7.26. The molecule has 3 aromatic rings. The van der Waals surface area contributed by atoms with E-state index < -0.39 is 11.7 Å². The predicted molar refractivity (Wildman–Crippen MR) is 92.1 cm³/mol. The van der Waals surface area contributed by atoms with Crippen molar-refractivity contribution >= 4 is 5.91 Å². The average Bonchev–Trinajstić information content (AvgIpc) is 3.09. The molecule has 0 fully saturated rings. The fourth-order valence-electron chi connectivity index (χ4n) is 2.47. The number of aryl methyl sites for hydroxylation is 2. The van der Waals surface area contributed by atoms with E-state index in [-0.39, 0.29) is 18.3 Å². The Kier molecular flexibility index (Phi) is 4.87. The number of hydrogen-bond acceptors (Lipinski definition) is 7. The van der Waals surface area contributed by atoms with Crippen LogP contribution in [0.1, 0.15) is 30.2 Å². The Labute approximate surface area is 149 Å². The largest absolute Gasteiger partial charge is 0.348 e. The highest BCUT2D eigenvalue weighted by Gasteiger charge is 2.18. The van der Waals surface area contributed by atoms with E-state index in [1.54, 1.807) is 45.2 Å². The highest BCUT2D eigenvalue weighted by atomic mass is 16.5. The lowest BCUT2D eigenvalue weighted by atomic mass is 10.3. The Balaban J connectivity index is 1.69. The monoisotopic (exact) mass is 354 g/mol. The van der Waals surface area contributed by atoms with E-state index in [0.717, 1.165) is 0 Å². The smallest absolute Gasteiger partial charge is 0.343 e. The Morgan fingerprint density at radius 3 is 2.81 bits per heavy atom. The maximum Gasteiger partial charge on any atom is 0.348 e. The Morgan fingerprint density at radius 2 is 2.12 bits per heavy atom. The van der Waals surface area contributed by atoms with E-state index in [4.69, 9.17) is 4.52 Å². The van der Waals surface area contributed by atoms with Gasteiger partial charge < -0.3 is 9.84 Å². The van der Waals surface area contributed by atoms with Crippen molar-refractivity contribution < 1.29 is 9.32 Å². The standard InChI is InChI=1S/C17H18N6O3/c1-10-8-11(2)23(17(25)19-10)9-14(24)20-12(3)16-21-15(22-26-16)13-6-4-5-7-18-13/h4-8,12H,9H2,1-3H3,(H,20,24)/t12-/m1/s1. The predicted octanol–water partition coefficient (Wildman–Crippen LogP) is 1.18. The normalized spacial score (nSPS) is 12.0. The van der Waals surface area contributed by atoms with E-state index in [2.05, 4.69) is 25.4 Å². The van der Waals surface area contributed by atoms with Gasteiger partial charge in [-0.05, 0) is 39.0 Å². The zero-order valence-corrected chi connectivity index (χ0v) is 14.6. The molecule has 134 valence electrons. The van der Waals surface area contributed by atoms with E-state index in [1.807, 2.05) is 6.07 Å². The first kappa shape index (κ1) is 17.5. The molecule has 9 heteroatoms. The molecule has 0 saturated heterocycles. The zero-order valence-electron chi connectivity index (χ0n) is 14.6. The molecule has 1 amide bonds. The molecule has 0 aromatic carbocycles. The SMILES string of the molecule is Cc1cc(C)n(CC(=O)N[C@H](C)c2nc(-c3ccccn3)no2)c(=O)n1. The number of pyridine rings is 1. The summed E-state index contributed by atoms with van der Waals surface area (Å²) in [6, 6.07) is 6.60. The average molecular weight is 354 g/mol. The van der Waals surface area contributed by atoms with Gasteiger partial charge in [0.2, 0.25) is 17.6 Å². The molecule has 9 nitrogen and oxygen atoms in total. The van der Waals surface area contributed by atoms with Crippen molar-refractivity contribution in [3.05, 3.63) is 58.2 Å². The lowest BCUT2D eigenvalue weighted by Gasteiger charge is -2.12. The van der Waals surface area contributed by atoms with Gasteiger partial charge in [0.05, 0.1) is 0 Å². The van der Waals surface area contributed by atoms with E-state index in [1.165, 1.54) is 4.57 Å². The second-order valence-corrected chi connectivity index (χ2v) is 5.87. The van der Waals surface area contributed by atoms with Crippen molar-refractivity contribution in [1.82, 2.24) is 30.0 Å². The van der Waals surface area contributed by atoms with Crippen molar-refractivity contribution in [2.75, 3.05) is 0 Å². The molecule has 0 bridgehead atoms. The van der Waals surface area contributed by atoms with Gasteiger partial charge in [0.25, 0.3) is 0 Å². The van der Waals surface area contributed by atoms with Crippen LogP contribution in [0.25, 0.3) is 11.5 Å². The third-order valence-corrected chi connectivity index (χ3v) is 3.73. The summed E-state index contributed by atoms with van der Waals surface area (Å²) >= 11 is 0. The van der Waals surface area contributed by atoms with E-state index >= 15 is 0 Å². The molecule has 3 aromatic heterocycles. The van der Waals surface area contributed by atoms with Gasteiger partial charge in [0, 0.05) is 17.6 Å². The summed E-state index contributed by atoms with van der Waals surface area (Å²) in [5.74, 6) is 0.243. The number of aromatic nitrogens is 5. The maximum absolute atomic E-state index is 12.3. The van der Waals surface area contributed by atoms with Crippen LogP contribution in [0.2, 0.25) is 0 Å². The van der Waals surface area contributed by atoms with Crippen LogP contribution in [-0.4, -0.2) is 30.6 Å². The van der Waals surface area contributed by atoms with Crippen LogP contribution >= 0.6 is 0 Å². The molecule has 1 atom stereocenters. The Morgan fingerprint density at radius 1 is 1.31 bits per heavy atom. The number of rotatable bonds is 5. The van der Waals surface area contributed by atoms with Crippen molar-refractivity contribution in [1.29, 1.82) is 0 Å². The summed E-state index contributed by atoms with van der Waals surface area (Å²) in [5, 5.41) is 6.61. The summed E-state index contributed by atoms with van der Waals surface area (Å²) in [7, 11) is 0. The van der Waals surface area contributed by atoms with Crippen molar-refractivity contribution in [3.8, 4) is 11.5 Å². The van der Waals surface area contributed by atoms with Gasteiger partial charge in [-0.2, -0.15) is 9.97 Å².